The zero-order chi connectivity index (χ0) is 20.3. The average Bonchev–Trinajstić information content (AvgIpc) is 2.59. The van der Waals surface area contributed by atoms with Crippen LogP contribution in [0.5, 0.6) is 0 Å². The van der Waals surface area contributed by atoms with Crippen molar-refractivity contribution in [2.24, 2.45) is 35.5 Å². The zero-order valence-corrected chi connectivity index (χ0v) is 18.3. The predicted octanol–water partition coefficient (Wildman–Crippen LogP) is 5.53. The second-order valence-electron chi connectivity index (χ2n) is 10.5. The van der Waals surface area contributed by atoms with Gasteiger partial charge < -0.3 is 9.47 Å². The van der Waals surface area contributed by atoms with Crippen molar-refractivity contribution in [2.75, 3.05) is 0 Å². The second-order valence-corrected chi connectivity index (χ2v) is 10.5. The third kappa shape index (κ3) is 5.73. The molecule has 0 aliphatic heterocycles. The van der Waals surface area contributed by atoms with E-state index in [1.807, 2.05) is 0 Å². The average molecular weight is 393 g/mol. The summed E-state index contributed by atoms with van der Waals surface area (Å²) in [5.41, 5.74) is 0. The monoisotopic (exact) mass is 392 g/mol. The van der Waals surface area contributed by atoms with Crippen molar-refractivity contribution in [3.63, 3.8) is 0 Å². The lowest BCUT2D eigenvalue weighted by Gasteiger charge is -2.35. The molecule has 4 nitrogen and oxygen atoms in total. The normalized spacial score (nSPS) is 41.9. The zero-order valence-electron chi connectivity index (χ0n) is 18.3. The smallest absolute Gasteiger partial charge is 0.310 e. The van der Waals surface area contributed by atoms with Crippen LogP contribution in [0.3, 0.4) is 0 Å². The molecule has 3 aliphatic rings. The van der Waals surface area contributed by atoms with Gasteiger partial charge in [-0.1, -0.05) is 40.5 Å². The Kier molecular flexibility index (Phi) is 7.44. The molecule has 160 valence electrons. The molecule has 0 aromatic rings. The van der Waals surface area contributed by atoms with Gasteiger partial charge in [0.15, 0.2) is 0 Å². The summed E-state index contributed by atoms with van der Waals surface area (Å²) in [6.45, 7) is 8.96. The Morgan fingerprint density at radius 2 is 0.893 bits per heavy atom. The van der Waals surface area contributed by atoms with E-state index in [-0.39, 0.29) is 36.0 Å². The van der Waals surface area contributed by atoms with Crippen molar-refractivity contribution >= 4 is 11.9 Å². The van der Waals surface area contributed by atoms with Gasteiger partial charge in [0.1, 0.15) is 12.2 Å². The van der Waals surface area contributed by atoms with Crippen molar-refractivity contribution < 1.29 is 19.1 Å². The Balaban J connectivity index is 1.58. The minimum absolute atomic E-state index is 0.0184. The fourth-order valence-electron chi connectivity index (χ4n) is 6.14. The van der Waals surface area contributed by atoms with Gasteiger partial charge in [0.25, 0.3) is 0 Å². The van der Waals surface area contributed by atoms with Crippen LogP contribution in [-0.4, -0.2) is 24.1 Å². The van der Waals surface area contributed by atoms with Crippen LogP contribution in [0.1, 0.15) is 91.9 Å². The molecule has 0 aromatic heterocycles. The minimum atomic E-state index is -0.313. The van der Waals surface area contributed by atoms with Gasteiger partial charge in [0.05, 0.1) is 11.8 Å². The van der Waals surface area contributed by atoms with Gasteiger partial charge in [0.2, 0.25) is 0 Å². The van der Waals surface area contributed by atoms with E-state index in [9.17, 15) is 9.59 Å². The predicted molar refractivity (Wildman–Crippen MR) is 110 cm³/mol. The van der Waals surface area contributed by atoms with E-state index in [1.165, 1.54) is 12.8 Å². The first-order valence-corrected chi connectivity index (χ1v) is 11.7. The molecule has 6 unspecified atom stereocenters. The van der Waals surface area contributed by atoms with Crippen LogP contribution in [0.4, 0.5) is 0 Å². The SMILES string of the molecule is CC1CC(C)CC(OC(=O)C2CCCCC2C(=O)OC2CC(C)CC(C)C2)C1. The van der Waals surface area contributed by atoms with Crippen molar-refractivity contribution in [3.05, 3.63) is 0 Å². The molecular weight excluding hydrogens is 352 g/mol. The van der Waals surface area contributed by atoms with Gasteiger partial charge in [-0.3, -0.25) is 9.59 Å². The third-order valence-corrected chi connectivity index (χ3v) is 7.21. The Morgan fingerprint density at radius 3 is 1.21 bits per heavy atom. The van der Waals surface area contributed by atoms with Gasteiger partial charge in [-0.25, -0.2) is 0 Å². The van der Waals surface area contributed by atoms with Crippen molar-refractivity contribution in [3.8, 4) is 0 Å². The lowest BCUT2D eigenvalue weighted by atomic mass is 9.78. The maximum atomic E-state index is 13.0. The summed E-state index contributed by atoms with van der Waals surface area (Å²) >= 11 is 0. The molecule has 28 heavy (non-hydrogen) atoms. The fraction of sp³-hybridized carbons (Fsp3) is 0.917. The first-order valence-electron chi connectivity index (χ1n) is 11.7. The number of esters is 2. The molecule has 3 saturated carbocycles. The van der Waals surface area contributed by atoms with Crippen molar-refractivity contribution in [2.45, 2.75) is 104 Å². The van der Waals surface area contributed by atoms with Crippen LogP contribution in [0.2, 0.25) is 0 Å². The van der Waals surface area contributed by atoms with Crippen molar-refractivity contribution in [1.29, 1.82) is 0 Å². The molecule has 0 spiro atoms. The van der Waals surface area contributed by atoms with Crippen LogP contribution in [0.25, 0.3) is 0 Å². The highest BCUT2D eigenvalue weighted by Gasteiger charge is 2.40. The molecule has 3 aliphatic carbocycles. The first kappa shape index (κ1) is 21.6. The highest BCUT2D eigenvalue weighted by Crippen LogP contribution is 2.37. The van der Waals surface area contributed by atoms with Crippen LogP contribution in [-0.2, 0) is 19.1 Å². The molecular formula is C24H40O4. The minimum Gasteiger partial charge on any atom is -0.462 e. The molecule has 4 heteroatoms. The van der Waals surface area contributed by atoms with E-state index in [4.69, 9.17) is 9.47 Å². The quantitative estimate of drug-likeness (QED) is 0.590. The Labute approximate surface area is 171 Å². The second kappa shape index (κ2) is 9.63. The summed E-state index contributed by atoms with van der Waals surface area (Å²) in [5.74, 6) is 1.47. The lowest BCUT2D eigenvalue weighted by molar-refractivity contribution is -0.171. The van der Waals surface area contributed by atoms with E-state index >= 15 is 0 Å². The molecule has 6 atom stereocenters. The van der Waals surface area contributed by atoms with Gasteiger partial charge in [-0.05, 0) is 75.0 Å². The molecule has 0 N–H and O–H groups in total. The molecule has 0 bridgehead atoms. The Morgan fingerprint density at radius 1 is 0.571 bits per heavy atom. The van der Waals surface area contributed by atoms with Crippen molar-refractivity contribution in [1.82, 2.24) is 0 Å². The molecule has 3 fully saturated rings. The van der Waals surface area contributed by atoms with Crippen LogP contribution >= 0.6 is 0 Å². The van der Waals surface area contributed by atoms with E-state index in [0.717, 1.165) is 51.4 Å². The fourth-order valence-corrected chi connectivity index (χ4v) is 6.14. The van der Waals surface area contributed by atoms with Crippen LogP contribution in [0.15, 0.2) is 0 Å². The summed E-state index contributed by atoms with van der Waals surface area (Å²) in [7, 11) is 0. The van der Waals surface area contributed by atoms with Gasteiger partial charge in [-0.2, -0.15) is 0 Å². The van der Waals surface area contributed by atoms with E-state index in [0.29, 0.717) is 23.7 Å². The Hall–Kier alpha value is -1.06. The number of rotatable bonds is 4. The highest BCUT2D eigenvalue weighted by molar-refractivity contribution is 5.82. The van der Waals surface area contributed by atoms with Crippen LogP contribution < -0.4 is 0 Å². The summed E-state index contributed by atoms with van der Waals surface area (Å²) in [4.78, 5) is 25.9. The van der Waals surface area contributed by atoms with Gasteiger partial charge in [0, 0.05) is 0 Å². The standard InChI is InChI=1S/C24H40O4/c1-15-9-16(2)12-19(11-15)27-23(25)21-7-5-6-8-22(21)24(26)28-20-13-17(3)10-18(4)14-20/h15-22H,5-14H2,1-4H3. The lowest BCUT2D eigenvalue weighted by Crippen LogP contribution is -2.39. The summed E-state index contributed by atoms with van der Waals surface area (Å²) in [6, 6.07) is 0. The number of hydrogen-bond donors (Lipinski definition) is 0. The topological polar surface area (TPSA) is 52.6 Å². The van der Waals surface area contributed by atoms with E-state index < -0.39 is 0 Å². The first-order chi connectivity index (χ1) is 13.3. The molecule has 3 rings (SSSR count). The molecule has 0 radical (unpaired) electrons. The van der Waals surface area contributed by atoms with E-state index in [2.05, 4.69) is 27.7 Å². The molecule has 0 heterocycles. The number of carbonyl (C=O) groups is 2. The van der Waals surface area contributed by atoms with Gasteiger partial charge in [-0.15, -0.1) is 0 Å². The maximum absolute atomic E-state index is 13.0. The van der Waals surface area contributed by atoms with Gasteiger partial charge >= 0.3 is 11.9 Å². The molecule has 0 aromatic carbocycles. The largest absolute Gasteiger partial charge is 0.462 e. The number of carbonyl (C=O) groups excluding carboxylic acids is 2. The summed E-state index contributed by atoms with van der Waals surface area (Å²) < 4.78 is 11.9. The molecule has 0 amide bonds. The van der Waals surface area contributed by atoms with Crippen LogP contribution in [0, 0.1) is 35.5 Å². The Bertz CT molecular complexity index is 477. The molecule has 0 saturated heterocycles. The van der Waals surface area contributed by atoms with E-state index in [1.54, 1.807) is 0 Å². The number of hydrogen-bond acceptors (Lipinski definition) is 4. The third-order valence-electron chi connectivity index (χ3n) is 7.21. The number of ether oxygens (including phenoxy) is 2. The maximum Gasteiger partial charge on any atom is 0.310 e. The summed E-state index contributed by atoms with van der Waals surface area (Å²) in [5, 5.41) is 0. The summed E-state index contributed by atoms with van der Waals surface area (Å²) in [6.07, 6.45) is 9.79. The highest BCUT2D eigenvalue weighted by atomic mass is 16.6.